The molecule has 2 fully saturated rings. The fourth-order valence-electron chi connectivity index (χ4n) is 1.80. The molecule has 0 N–H and O–H groups in total. The Labute approximate surface area is 104 Å². The molecule has 0 spiro atoms. The van der Waals surface area contributed by atoms with Crippen LogP contribution in [-0.2, 0) is 27.3 Å². The summed E-state index contributed by atoms with van der Waals surface area (Å²) in [5.41, 5.74) is 0. The first-order chi connectivity index (χ1) is 6.00. The van der Waals surface area contributed by atoms with Gasteiger partial charge in [-0.05, 0) is 0 Å². The van der Waals surface area contributed by atoms with Crippen LogP contribution in [0, 0.1) is 12.8 Å². The second kappa shape index (κ2) is 11.0. The Bertz CT molecular complexity index is 48.1. The molecular weight excluding hydrogens is 257 g/mol. The summed E-state index contributed by atoms with van der Waals surface area (Å²) in [6.45, 7) is 0. The summed E-state index contributed by atoms with van der Waals surface area (Å²) >= 11 is 0. The van der Waals surface area contributed by atoms with Crippen molar-refractivity contribution in [2.45, 2.75) is 64.2 Å². The maximum Gasteiger partial charge on any atom is 2.00 e. The first-order valence-corrected chi connectivity index (χ1v) is 5.63. The van der Waals surface area contributed by atoms with Gasteiger partial charge in [0.15, 0.2) is 0 Å². The van der Waals surface area contributed by atoms with E-state index in [-0.39, 0.29) is 27.3 Å². The minimum atomic E-state index is 0. The first-order valence-electron chi connectivity index (χ1n) is 5.63. The van der Waals surface area contributed by atoms with Crippen LogP contribution in [0.2, 0.25) is 0 Å². The molecule has 0 heterocycles. The number of hydrogen-bond acceptors (Lipinski definition) is 0. The van der Waals surface area contributed by atoms with Crippen molar-refractivity contribution in [2.75, 3.05) is 0 Å². The van der Waals surface area contributed by atoms with Gasteiger partial charge in [-0.15, -0.1) is 0 Å². The Balaban J connectivity index is 0.000000206. The molecule has 0 bridgehead atoms. The fraction of sp³-hybridized carbons (Fsp3) is 0.833. The van der Waals surface area contributed by atoms with E-state index in [2.05, 4.69) is 12.8 Å². The summed E-state index contributed by atoms with van der Waals surface area (Å²) in [5.74, 6) is 0. The van der Waals surface area contributed by atoms with Crippen LogP contribution in [0.3, 0.4) is 0 Å². The Morgan fingerprint density at radius 2 is 0.769 bits per heavy atom. The van der Waals surface area contributed by atoms with Gasteiger partial charge in [0, 0.05) is 0 Å². The van der Waals surface area contributed by atoms with Crippen LogP contribution in [0.15, 0.2) is 0 Å². The monoisotopic (exact) mass is 280 g/mol. The van der Waals surface area contributed by atoms with Crippen molar-refractivity contribution in [3.63, 3.8) is 0 Å². The molecule has 1 heteroatoms. The second-order valence-corrected chi connectivity index (χ2v) is 3.85. The summed E-state index contributed by atoms with van der Waals surface area (Å²) < 4.78 is 0. The summed E-state index contributed by atoms with van der Waals surface area (Å²) in [7, 11) is 0. The van der Waals surface area contributed by atoms with Crippen LogP contribution in [-0.4, -0.2) is 0 Å². The topological polar surface area (TPSA) is 0 Å². The van der Waals surface area contributed by atoms with E-state index in [0.29, 0.717) is 0 Å². The molecule has 2 aliphatic rings. The van der Waals surface area contributed by atoms with Gasteiger partial charge in [0.2, 0.25) is 0 Å². The summed E-state index contributed by atoms with van der Waals surface area (Å²) in [5, 5.41) is 0. The maximum absolute atomic E-state index is 2.39. The fourth-order valence-corrected chi connectivity index (χ4v) is 1.80. The molecular formula is C12H22Cd. The van der Waals surface area contributed by atoms with E-state index in [1.54, 1.807) is 0 Å². The van der Waals surface area contributed by atoms with E-state index in [1.165, 1.54) is 64.2 Å². The van der Waals surface area contributed by atoms with Crippen molar-refractivity contribution >= 4 is 0 Å². The third-order valence-corrected chi connectivity index (χ3v) is 2.63. The van der Waals surface area contributed by atoms with Gasteiger partial charge in [0.1, 0.15) is 0 Å². The van der Waals surface area contributed by atoms with E-state index < -0.39 is 0 Å². The third-order valence-electron chi connectivity index (χ3n) is 2.63. The summed E-state index contributed by atoms with van der Waals surface area (Å²) in [6, 6.07) is 0. The molecule has 0 aromatic heterocycles. The zero-order chi connectivity index (χ0) is 8.49. The number of hydrogen-bond donors (Lipinski definition) is 0. The van der Waals surface area contributed by atoms with Crippen LogP contribution in [0.25, 0.3) is 0 Å². The minimum Gasteiger partial charge on any atom is -0.328 e. The van der Waals surface area contributed by atoms with Gasteiger partial charge < -0.3 is 12.8 Å². The van der Waals surface area contributed by atoms with Crippen molar-refractivity contribution in [1.82, 2.24) is 0 Å². The van der Waals surface area contributed by atoms with E-state index >= 15 is 0 Å². The van der Waals surface area contributed by atoms with Crippen molar-refractivity contribution < 1.29 is 27.3 Å². The predicted molar refractivity (Wildman–Crippen MR) is 54.8 cm³/mol. The van der Waals surface area contributed by atoms with E-state index in [0.717, 1.165) is 0 Å². The average molecular weight is 279 g/mol. The maximum atomic E-state index is 2.39. The average Bonchev–Trinajstić information content (AvgIpc) is 2.24. The molecule has 0 saturated heterocycles. The molecule has 0 aromatic rings. The van der Waals surface area contributed by atoms with E-state index in [4.69, 9.17) is 0 Å². The molecule has 0 atom stereocenters. The van der Waals surface area contributed by atoms with E-state index in [9.17, 15) is 0 Å². The van der Waals surface area contributed by atoms with Gasteiger partial charge in [0.05, 0.1) is 0 Å². The first kappa shape index (κ1) is 13.9. The zero-order valence-corrected chi connectivity index (χ0v) is 13.0. The number of rotatable bonds is 0. The van der Waals surface area contributed by atoms with Crippen LogP contribution >= 0.6 is 0 Å². The third kappa shape index (κ3) is 9.23. The summed E-state index contributed by atoms with van der Waals surface area (Å²) in [6.07, 6.45) is 19.0. The normalized spacial score (nSPS) is 22.2. The molecule has 0 aromatic carbocycles. The van der Waals surface area contributed by atoms with Gasteiger partial charge in [-0.25, -0.2) is 0 Å². The molecule has 2 aliphatic carbocycles. The Morgan fingerprint density at radius 3 is 0.846 bits per heavy atom. The molecule has 0 aliphatic heterocycles. The largest absolute Gasteiger partial charge is 2.00 e. The van der Waals surface area contributed by atoms with Crippen molar-refractivity contribution in [1.29, 1.82) is 0 Å². The van der Waals surface area contributed by atoms with Crippen LogP contribution in [0.5, 0.6) is 0 Å². The molecule has 0 amide bonds. The molecule has 13 heavy (non-hydrogen) atoms. The quantitative estimate of drug-likeness (QED) is 0.458. The standard InChI is InChI=1S/2C6H11.Cd/c2*1-2-4-6-5-3-1;/h2*1H,2-6H2;/q2*-1;+2. The Kier molecular flexibility index (Phi) is 11.8. The predicted octanol–water partition coefficient (Wildman–Crippen LogP) is 4.31. The smallest absolute Gasteiger partial charge is 0.328 e. The Hall–Kier alpha value is 0.922. The van der Waals surface area contributed by atoms with E-state index in [1.807, 2.05) is 0 Å². The van der Waals surface area contributed by atoms with Gasteiger partial charge >= 0.3 is 27.3 Å². The Morgan fingerprint density at radius 1 is 0.462 bits per heavy atom. The van der Waals surface area contributed by atoms with Gasteiger partial charge in [0.25, 0.3) is 0 Å². The SMILES string of the molecule is [CH-]1CCCCC1.[CH-]1CCCCC1.[Cd+2]. The van der Waals surface area contributed by atoms with Crippen LogP contribution in [0.1, 0.15) is 64.2 Å². The van der Waals surface area contributed by atoms with Crippen molar-refractivity contribution in [3.8, 4) is 0 Å². The van der Waals surface area contributed by atoms with Gasteiger partial charge in [-0.1, -0.05) is 38.5 Å². The molecule has 0 unspecified atom stereocenters. The van der Waals surface area contributed by atoms with Gasteiger partial charge in [-0.2, -0.15) is 25.7 Å². The molecule has 72 valence electrons. The molecule has 0 radical (unpaired) electrons. The van der Waals surface area contributed by atoms with Crippen LogP contribution < -0.4 is 0 Å². The van der Waals surface area contributed by atoms with Crippen LogP contribution in [0.4, 0.5) is 0 Å². The summed E-state index contributed by atoms with van der Waals surface area (Å²) in [4.78, 5) is 0. The van der Waals surface area contributed by atoms with Crippen molar-refractivity contribution in [3.05, 3.63) is 12.8 Å². The molecule has 2 saturated carbocycles. The second-order valence-electron chi connectivity index (χ2n) is 3.85. The minimum absolute atomic E-state index is 0. The van der Waals surface area contributed by atoms with Gasteiger partial charge in [-0.3, -0.25) is 0 Å². The molecule has 0 nitrogen and oxygen atoms in total. The molecule has 2 rings (SSSR count). The zero-order valence-electron chi connectivity index (χ0n) is 8.93. The van der Waals surface area contributed by atoms with Crippen molar-refractivity contribution in [2.24, 2.45) is 0 Å².